The third kappa shape index (κ3) is 3.16. The molecule has 1 aromatic heterocycles. The van der Waals surface area contributed by atoms with E-state index in [4.69, 9.17) is 0 Å². The van der Waals surface area contributed by atoms with Gasteiger partial charge in [0.15, 0.2) is 0 Å². The molecule has 0 bridgehead atoms. The Kier molecular flexibility index (Phi) is 4.88. The first-order valence-electron chi connectivity index (χ1n) is 10.1. The molecule has 6 heteroatoms. The van der Waals surface area contributed by atoms with Gasteiger partial charge in [-0.2, -0.15) is 0 Å². The average Bonchev–Trinajstić information content (AvgIpc) is 2.64. The maximum Gasteiger partial charge on any atom is 0.306 e. The Labute approximate surface area is 173 Å². The summed E-state index contributed by atoms with van der Waals surface area (Å²) in [5, 5.41) is 20.4. The predicted octanol–water partition coefficient (Wildman–Crippen LogP) is 4.98. The number of carboxylic acid groups (broad SMARTS) is 1. The quantitative estimate of drug-likeness (QED) is 0.637. The first-order valence-corrected chi connectivity index (χ1v) is 10.1. The van der Waals surface area contributed by atoms with E-state index in [0.717, 1.165) is 16.8 Å². The standard InChI is InChI=1S/C24H24FNO4/c1-12(2)22-21(14-4-7-20(25)13(3)8-14)18-6-5-17(27)11-19(18)23(28)26(22)16-9-15(10-16)24(29)30/h4-8,11-12,15-16,27H,9-10H2,1-3H3,(H,29,30). The van der Waals surface area contributed by atoms with Gasteiger partial charge in [-0.25, -0.2) is 4.39 Å². The minimum atomic E-state index is -0.849. The van der Waals surface area contributed by atoms with Crippen molar-refractivity contribution >= 4 is 16.7 Å². The fourth-order valence-electron chi connectivity index (χ4n) is 4.46. The highest BCUT2D eigenvalue weighted by molar-refractivity contribution is 5.98. The van der Waals surface area contributed by atoms with Gasteiger partial charge in [0, 0.05) is 17.3 Å². The van der Waals surface area contributed by atoms with Crippen molar-refractivity contribution in [3.63, 3.8) is 0 Å². The average molecular weight is 409 g/mol. The van der Waals surface area contributed by atoms with E-state index in [0.29, 0.717) is 29.2 Å². The number of aryl methyl sites for hydroxylation is 1. The van der Waals surface area contributed by atoms with Crippen molar-refractivity contribution in [3.8, 4) is 16.9 Å². The lowest BCUT2D eigenvalue weighted by Crippen LogP contribution is -2.39. The number of halogens is 1. The van der Waals surface area contributed by atoms with E-state index in [1.165, 1.54) is 12.1 Å². The largest absolute Gasteiger partial charge is 0.508 e. The molecule has 3 aromatic rings. The number of rotatable bonds is 4. The number of phenols is 1. The lowest BCUT2D eigenvalue weighted by molar-refractivity contribution is -0.146. The summed E-state index contributed by atoms with van der Waals surface area (Å²) in [6, 6.07) is 9.37. The normalized spacial score (nSPS) is 18.6. The second-order valence-electron chi connectivity index (χ2n) is 8.44. The van der Waals surface area contributed by atoms with Crippen molar-refractivity contribution in [3.05, 3.63) is 63.8 Å². The highest BCUT2D eigenvalue weighted by Gasteiger charge is 2.38. The van der Waals surface area contributed by atoms with Crippen LogP contribution in [0.1, 0.15) is 49.9 Å². The lowest BCUT2D eigenvalue weighted by atomic mass is 9.79. The number of aromatic hydroxyl groups is 1. The topological polar surface area (TPSA) is 79.5 Å². The summed E-state index contributed by atoms with van der Waals surface area (Å²) >= 11 is 0. The maximum absolute atomic E-state index is 14.0. The van der Waals surface area contributed by atoms with Gasteiger partial charge in [0.1, 0.15) is 11.6 Å². The molecule has 0 spiro atoms. The maximum atomic E-state index is 14.0. The fourth-order valence-corrected chi connectivity index (χ4v) is 4.46. The van der Waals surface area contributed by atoms with Crippen LogP contribution >= 0.6 is 0 Å². The number of hydrogen-bond donors (Lipinski definition) is 2. The number of pyridine rings is 1. The van der Waals surface area contributed by atoms with Crippen LogP contribution in [0.3, 0.4) is 0 Å². The molecule has 2 N–H and O–H groups in total. The molecule has 1 saturated carbocycles. The number of carboxylic acids is 1. The molecular formula is C24H24FNO4. The molecule has 1 aliphatic rings. The Morgan fingerprint density at radius 2 is 1.83 bits per heavy atom. The zero-order valence-corrected chi connectivity index (χ0v) is 17.1. The van der Waals surface area contributed by atoms with E-state index in [1.54, 1.807) is 35.8 Å². The van der Waals surface area contributed by atoms with Crippen molar-refractivity contribution in [2.45, 2.75) is 45.6 Å². The van der Waals surface area contributed by atoms with Crippen LogP contribution in [0.4, 0.5) is 4.39 Å². The summed E-state index contributed by atoms with van der Waals surface area (Å²) in [5.41, 5.74) is 2.68. The Morgan fingerprint density at radius 3 is 2.43 bits per heavy atom. The minimum absolute atomic E-state index is 0.0123. The Bertz CT molecular complexity index is 1220. The molecule has 0 unspecified atom stereocenters. The zero-order chi connectivity index (χ0) is 21.7. The molecule has 30 heavy (non-hydrogen) atoms. The number of fused-ring (bicyclic) bond motifs is 1. The van der Waals surface area contributed by atoms with Crippen LogP contribution in [0.2, 0.25) is 0 Å². The smallest absolute Gasteiger partial charge is 0.306 e. The Balaban J connectivity index is 2.07. The monoisotopic (exact) mass is 409 g/mol. The van der Waals surface area contributed by atoms with Crippen molar-refractivity contribution in [2.24, 2.45) is 5.92 Å². The van der Waals surface area contributed by atoms with Gasteiger partial charge in [0.25, 0.3) is 5.56 Å². The molecule has 1 heterocycles. The molecule has 0 saturated heterocycles. The summed E-state index contributed by atoms with van der Waals surface area (Å²) in [6.07, 6.45) is 0.780. The molecule has 156 valence electrons. The number of phenolic OH excluding ortho intramolecular Hbond substituents is 1. The van der Waals surface area contributed by atoms with Crippen LogP contribution in [-0.4, -0.2) is 20.7 Å². The molecule has 0 aliphatic heterocycles. The second-order valence-corrected chi connectivity index (χ2v) is 8.44. The number of hydrogen-bond acceptors (Lipinski definition) is 3. The van der Waals surface area contributed by atoms with Crippen LogP contribution in [0, 0.1) is 18.7 Å². The minimum Gasteiger partial charge on any atom is -0.508 e. The predicted molar refractivity (Wildman–Crippen MR) is 113 cm³/mol. The first-order chi connectivity index (χ1) is 14.2. The summed E-state index contributed by atoms with van der Waals surface area (Å²) in [4.78, 5) is 24.8. The van der Waals surface area contributed by atoms with E-state index >= 15 is 0 Å². The molecule has 4 rings (SSSR count). The lowest BCUT2D eigenvalue weighted by Gasteiger charge is -2.37. The van der Waals surface area contributed by atoms with Gasteiger partial charge in [0.05, 0.1) is 11.3 Å². The van der Waals surface area contributed by atoms with Crippen molar-refractivity contribution in [1.82, 2.24) is 4.57 Å². The van der Waals surface area contributed by atoms with Gasteiger partial charge in [-0.15, -0.1) is 0 Å². The zero-order valence-electron chi connectivity index (χ0n) is 17.1. The molecule has 1 fully saturated rings. The van der Waals surface area contributed by atoms with Crippen LogP contribution in [-0.2, 0) is 4.79 Å². The summed E-state index contributed by atoms with van der Waals surface area (Å²) in [6.45, 7) is 5.68. The van der Waals surface area contributed by atoms with Gasteiger partial charge in [-0.3, -0.25) is 9.59 Å². The molecule has 5 nitrogen and oxygen atoms in total. The first kappa shape index (κ1) is 20.1. The highest BCUT2D eigenvalue weighted by atomic mass is 19.1. The van der Waals surface area contributed by atoms with Crippen molar-refractivity contribution < 1.29 is 19.4 Å². The SMILES string of the molecule is Cc1cc(-c2c(C(C)C)n(C3CC(C(=O)O)C3)c(=O)c3cc(O)ccc23)ccc1F. The summed E-state index contributed by atoms with van der Waals surface area (Å²) in [5.74, 6) is -1.65. The van der Waals surface area contributed by atoms with Crippen LogP contribution < -0.4 is 5.56 Å². The number of benzene rings is 2. The third-order valence-electron chi connectivity index (χ3n) is 6.06. The number of carbonyl (C=O) groups is 1. The molecule has 2 aromatic carbocycles. The van der Waals surface area contributed by atoms with Gasteiger partial charge in [-0.05, 0) is 72.5 Å². The Hall–Kier alpha value is -3.15. The van der Waals surface area contributed by atoms with Crippen LogP contribution in [0.5, 0.6) is 5.75 Å². The van der Waals surface area contributed by atoms with Crippen LogP contribution in [0.25, 0.3) is 21.9 Å². The van der Waals surface area contributed by atoms with E-state index in [2.05, 4.69) is 0 Å². The number of aliphatic carboxylic acids is 1. The molecule has 0 radical (unpaired) electrons. The van der Waals surface area contributed by atoms with Crippen molar-refractivity contribution in [1.29, 1.82) is 0 Å². The van der Waals surface area contributed by atoms with E-state index < -0.39 is 11.9 Å². The summed E-state index contributed by atoms with van der Waals surface area (Å²) in [7, 11) is 0. The number of aromatic nitrogens is 1. The van der Waals surface area contributed by atoms with Crippen molar-refractivity contribution in [2.75, 3.05) is 0 Å². The van der Waals surface area contributed by atoms with Gasteiger partial charge in [-0.1, -0.05) is 19.9 Å². The van der Waals surface area contributed by atoms with Crippen LogP contribution in [0.15, 0.2) is 41.2 Å². The highest BCUT2D eigenvalue weighted by Crippen LogP contribution is 2.43. The van der Waals surface area contributed by atoms with Gasteiger partial charge in [0.2, 0.25) is 0 Å². The van der Waals surface area contributed by atoms with Gasteiger partial charge >= 0.3 is 5.97 Å². The second kappa shape index (κ2) is 7.27. The molecule has 0 atom stereocenters. The van der Waals surface area contributed by atoms with E-state index in [1.807, 2.05) is 13.8 Å². The third-order valence-corrected chi connectivity index (χ3v) is 6.06. The van der Waals surface area contributed by atoms with Gasteiger partial charge < -0.3 is 14.8 Å². The Morgan fingerprint density at radius 1 is 1.13 bits per heavy atom. The summed E-state index contributed by atoms with van der Waals surface area (Å²) < 4.78 is 15.7. The van der Waals surface area contributed by atoms with E-state index in [9.17, 15) is 24.2 Å². The fraction of sp³-hybridized carbons (Fsp3) is 0.333. The molecule has 1 aliphatic carbocycles. The number of nitrogens with zero attached hydrogens (tertiary/aromatic N) is 1. The molecule has 0 amide bonds. The molecular weight excluding hydrogens is 385 g/mol. The van der Waals surface area contributed by atoms with E-state index in [-0.39, 0.29) is 29.1 Å².